The molecule has 0 saturated heterocycles. The van der Waals surface area contributed by atoms with E-state index in [1.54, 1.807) is 0 Å². The zero-order chi connectivity index (χ0) is 20.0. The minimum absolute atomic E-state index is 0.246. The third-order valence-electron chi connectivity index (χ3n) is 5.36. The molecule has 0 fully saturated rings. The molecule has 0 spiro atoms. The van der Waals surface area contributed by atoms with Crippen LogP contribution in [0.25, 0.3) is 0 Å². The zero-order valence-corrected chi connectivity index (χ0v) is 18.2. The molecule has 0 aliphatic rings. The Hall–Kier alpha value is -0.610. The summed E-state index contributed by atoms with van der Waals surface area (Å²) in [5, 5.41) is 11.5. The van der Waals surface area contributed by atoms with Crippen LogP contribution in [0.1, 0.15) is 122 Å². The minimum atomic E-state index is -0.777. The van der Waals surface area contributed by atoms with Gasteiger partial charge in [-0.15, -0.1) is 0 Å². The van der Waals surface area contributed by atoms with E-state index in [9.17, 15) is 4.79 Å². The van der Waals surface area contributed by atoms with Crippen molar-refractivity contribution in [3.8, 4) is 0 Å². The maximum atomic E-state index is 11.4. The zero-order valence-electron chi connectivity index (χ0n) is 18.2. The molecule has 0 radical (unpaired) electrons. The maximum Gasteiger partial charge on any atom is 0.239 e. The molecule has 1 atom stereocenters. The van der Waals surface area contributed by atoms with Crippen LogP contribution in [0, 0.1) is 0 Å². The molecule has 0 bridgehead atoms. The van der Waals surface area contributed by atoms with Gasteiger partial charge in [0.25, 0.3) is 0 Å². The number of carbonyl (C=O) groups excluding carboxylic acids is 1. The summed E-state index contributed by atoms with van der Waals surface area (Å²) in [6, 6.07) is -0.777. The summed E-state index contributed by atoms with van der Waals surface area (Å²) < 4.78 is 0. The summed E-state index contributed by atoms with van der Waals surface area (Å²) in [5.41, 5.74) is 5.44. The van der Waals surface area contributed by atoms with Crippen LogP contribution in [0.5, 0.6) is 0 Å². The highest BCUT2D eigenvalue weighted by molar-refractivity contribution is 5.81. The second-order valence-electron chi connectivity index (χ2n) is 8.09. The quantitative estimate of drug-likeness (QED) is 0.230. The average molecular weight is 385 g/mol. The number of unbranched alkanes of at least 4 members (excludes halogenated alkanes) is 17. The van der Waals surface area contributed by atoms with Gasteiger partial charge >= 0.3 is 0 Å². The monoisotopic (exact) mass is 384 g/mol. The smallest absolute Gasteiger partial charge is 0.239 e. The van der Waals surface area contributed by atoms with Gasteiger partial charge in [-0.3, -0.25) is 4.79 Å². The summed E-state index contributed by atoms with van der Waals surface area (Å²) in [4.78, 5) is 11.4. The SMILES string of the molecule is CCCCCCCCCCCCCCCCCCCCNC(=O)[C@@H](N)CO. The molecule has 4 N–H and O–H groups in total. The number of nitrogens with two attached hydrogens (primary N) is 1. The number of amides is 1. The highest BCUT2D eigenvalue weighted by atomic mass is 16.3. The van der Waals surface area contributed by atoms with Crippen molar-refractivity contribution in [2.45, 2.75) is 129 Å². The number of rotatable bonds is 21. The summed E-state index contributed by atoms with van der Waals surface area (Å²) in [7, 11) is 0. The van der Waals surface area contributed by atoms with Gasteiger partial charge in [-0.05, 0) is 6.42 Å². The molecule has 4 heteroatoms. The van der Waals surface area contributed by atoms with E-state index < -0.39 is 6.04 Å². The second kappa shape index (κ2) is 21.7. The molecular weight excluding hydrogens is 336 g/mol. The topological polar surface area (TPSA) is 75.4 Å². The molecule has 4 nitrogen and oxygen atoms in total. The minimum Gasteiger partial charge on any atom is -0.394 e. The number of hydrogen-bond donors (Lipinski definition) is 3. The highest BCUT2D eigenvalue weighted by Crippen LogP contribution is 2.14. The van der Waals surface area contributed by atoms with Crippen molar-refractivity contribution >= 4 is 5.91 Å². The van der Waals surface area contributed by atoms with Crippen molar-refractivity contribution in [2.75, 3.05) is 13.2 Å². The van der Waals surface area contributed by atoms with Gasteiger partial charge in [-0.1, -0.05) is 116 Å². The predicted molar refractivity (Wildman–Crippen MR) is 117 cm³/mol. The molecule has 1 amide bonds. The van der Waals surface area contributed by atoms with Gasteiger partial charge in [0.05, 0.1) is 6.61 Å². The lowest BCUT2D eigenvalue weighted by Crippen LogP contribution is -2.43. The van der Waals surface area contributed by atoms with E-state index in [0.717, 1.165) is 12.8 Å². The van der Waals surface area contributed by atoms with Crippen LogP contribution in [0.3, 0.4) is 0 Å². The van der Waals surface area contributed by atoms with Gasteiger partial charge < -0.3 is 16.2 Å². The molecule has 0 saturated carbocycles. The molecule has 0 unspecified atom stereocenters. The fourth-order valence-corrected chi connectivity index (χ4v) is 3.45. The predicted octanol–water partition coefficient (Wildman–Crippen LogP) is 5.46. The van der Waals surface area contributed by atoms with Gasteiger partial charge in [0.2, 0.25) is 5.91 Å². The van der Waals surface area contributed by atoms with E-state index in [-0.39, 0.29) is 12.5 Å². The van der Waals surface area contributed by atoms with E-state index in [1.165, 1.54) is 103 Å². The number of nitrogens with one attached hydrogen (secondary N) is 1. The van der Waals surface area contributed by atoms with Gasteiger partial charge in [0, 0.05) is 6.54 Å². The van der Waals surface area contributed by atoms with Gasteiger partial charge in [0.1, 0.15) is 6.04 Å². The number of carbonyl (C=O) groups is 1. The second-order valence-corrected chi connectivity index (χ2v) is 8.09. The largest absolute Gasteiger partial charge is 0.394 e. The molecule has 0 aromatic carbocycles. The molecule has 0 rings (SSSR count). The lowest BCUT2D eigenvalue weighted by atomic mass is 10.0. The molecule has 27 heavy (non-hydrogen) atoms. The van der Waals surface area contributed by atoms with E-state index in [1.807, 2.05) is 0 Å². The van der Waals surface area contributed by atoms with E-state index in [4.69, 9.17) is 10.8 Å². The summed E-state index contributed by atoms with van der Waals surface area (Å²) in [6.45, 7) is 2.67. The Kier molecular flexibility index (Phi) is 21.2. The van der Waals surface area contributed by atoms with Crippen molar-refractivity contribution in [1.29, 1.82) is 0 Å². The Morgan fingerprint density at radius 1 is 0.704 bits per heavy atom. The normalized spacial score (nSPS) is 12.3. The van der Waals surface area contributed by atoms with Crippen LogP contribution in [0.15, 0.2) is 0 Å². The van der Waals surface area contributed by atoms with Crippen molar-refractivity contribution in [2.24, 2.45) is 5.73 Å². The first kappa shape index (κ1) is 26.4. The Bertz CT molecular complexity index is 311. The first-order chi connectivity index (χ1) is 13.2. The van der Waals surface area contributed by atoms with Crippen LogP contribution >= 0.6 is 0 Å². The Balaban J connectivity index is 3.08. The van der Waals surface area contributed by atoms with E-state index in [0.29, 0.717) is 6.54 Å². The fraction of sp³-hybridized carbons (Fsp3) is 0.957. The van der Waals surface area contributed by atoms with Crippen LogP contribution in [-0.2, 0) is 4.79 Å². The molecule has 0 aliphatic carbocycles. The first-order valence-electron chi connectivity index (χ1n) is 11.9. The van der Waals surface area contributed by atoms with Crippen LogP contribution in [0.2, 0.25) is 0 Å². The molecule has 0 heterocycles. The lowest BCUT2D eigenvalue weighted by molar-refractivity contribution is -0.123. The Morgan fingerprint density at radius 2 is 1.04 bits per heavy atom. The Morgan fingerprint density at radius 3 is 1.37 bits per heavy atom. The molecular formula is C23H48N2O2. The maximum absolute atomic E-state index is 11.4. The van der Waals surface area contributed by atoms with Crippen molar-refractivity contribution in [3.05, 3.63) is 0 Å². The summed E-state index contributed by atoms with van der Waals surface area (Å²) >= 11 is 0. The standard InChI is InChI=1S/C23H48N2O2/c1-2-3-4-5-6-7-8-9-10-11-12-13-14-15-16-17-18-19-20-25-23(27)22(24)21-26/h22,26H,2-21,24H2,1H3,(H,25,27)/t22-/m0/s1. The lowest BCUT2D eigenvalue weighted by Gasteiger charge is -2.09. The third-order valence-corrected chi connectivity index (χ3v) is 5.36. The van der Waals surface area contributed by atoms with Gasteiger partial charge in [0.15, 0.2) is 0 Å². The summed E-state index contributed by atoms with van der Waals surface area (Å²) in [6.07, 6.45) is 24.5. The molecule has 0 aromatic heterocycles. The summed E-state index contributed by atoms with van der Waals surface area (Å²) in [5.74, 6) is -0.246. The average Bonchev–Trinajstić information content (AvgIpc) is 2.68. The van der Waals surface area contributed by atoms with E-state index in [2.05, 4.69) is 12.2 Å². The molecule has 0 aliphatic heterocycles. The van der Waals surface area contributed by atoms with E-state index >= 15 is 0 Å². The highest BCUT2D eigenvalue weighted by Gasteiger charge is 2.10. The molecule has 162 valence electrons. The number of hydrogen-bond acceptors (Lipinski definition) is 3. The van der Waals surface area contributed by atoms with Crippen molar-refractivity contribution < 1.29 is 9.90 Å². The van der Waals surface area contributed by atoms with Gasteiger partial charge in [-0.2, -0.15) is 0 Å². The third kappa shape index (κ3) is 19.9. The fourth-order valence-electron chi connectivity index (χ4n) is 3.45. The van der Waals surface area contributed by atoms with Crippen molar-refractivity contribution in [3.63, 3.8) is 0 Å². The number of aliphatic hydroxyl groups excluding tert-OH is 1. The molecule has 0 aromatic rings. The van der Waals surface area contributed by atoms with Gasteiger partial charge in [-0.25, -0.2) is 0 Å². The van der Waals surface area contributed by atoms with Crippen LogP contribution < -0.4 is 11.1 Å². The number of aliphatic hydroxyl groups is 1. The van der Waals surface area contributed by atoms with Crippen molar-refractivity contribution in [1.82, 2.24) is 5.32 Å². The van der Waals surface area contributed by atoms with Crippen LogP contribution in [-0.4, -0.2) is 30.2 Å². The first-order valence-corrected chi connectivity index (χ1v) is 11.9. The van der Waals surface area contributed by atoms with Crippen LogP contribution in [0.4, 0.5) is 0 Å². The Labute approximate surface area is 169 Å².